The summed E-state index contributed by atoms with van der Waals surface area (Å²) >= 11 is 7.72. The van der Waals surface area contributed by atoms with E-state index in [2.05, 4.69) is 5.32 Å². The van der Waals surface area contributed by atoms with Gasteiger partial charge in [0.05, 0.1) is 5.02 Å². The van der Waals surface area contributed by atoms with Crippen molar-refractivity contribution >= 4 is 45.0 Å². The van der Waals surface area contributed by atoms with Gasteiger partial charge in [0.1, 0.15) is 17.0 Å². The van der Waals surface area contributed by atoms with Crippen LogP contribution in [0.3, 0.4) is 0 Å². The summed E-state index contributed by atoms with van der Waals surface area (Å²) in [5.41, 5.74) is -0.407. The number of rotatable bonds is 1. The number of likely N-dealkylation sites (tertiary alicyclic amines) is 1. The van der Waals surface area contributed by atoms with Crippen molar-refractivity contribution in [3.05, 3.63) is 34.2 Å². The Kier molecular flexibility index (Phi) is 2.68. The van der Waals surface area contributed by atoms with Crippen molar-refractivity contribution in [1.29, 1.82) is 0 Å². The summed E-state index contributed by atoms with van der Waals surface area (Å²) in [5, 5.41) is 4.17. The molecule has 3 heterocycles. The van der Waals surface area contributed by atoms with Crippen LogP contribution in [-0.4, -0.2) is 42.1 Å². The molecule has 0 aliphatic carbocycles. The van der Waals surface area contributed by atoms with E-state index >= 15 is 0 Å². The Morgan fingerprint density at radius 1 is 1.38 bits per heavy atom. The van der Waals surface area contributed by atoms with Gasteiger partial charge in [0, 0.05) is 23.2 Å². The lowest BCUT2D eigenvalue weighted by atomic mass is 9.91. The van der Waals surface area contributed by atoms with Crippen molar-refractivity contribution in [1.82, 2.24) is 10.2 Å². The summed E-state index contributed by atoms with van der Waals surface area (Å²) in [4.78, 5) is 25.9. The fourth-order valence-corrected chi connectivity index (χ4v) is 4.27. The normalized spacial score (nSPS) is 19.5. The van der Waals surface area contributed by atoms with Gasteiger partial charge < -0.3 is 15.0 Å². The minimum atomic E-state index is -0.415. The van der Waals surface area contributed by atoms with Crippen molar-refractivity contribution < 1.29 is 14.3 Å². The Bertz CT molecular complexity index is 767. The maximum absolute atomic E-state index is 12.5. The van der Waals surface area contributed by atoms with Gasteiger partial charge in [-0.3, -0.25) is 4.79 Å². The number of alkyl carbamates (subject to hydrolysis) is 1. The molecule has 0 atom stereocenters. The molecule has 2 saturated heterocycles. The van der Waals surface area contributed by atoms with Crippen LogP contribution < -0.4 is 5.32 Å². The fourth-order valence-electron chi connectivity index (χ4n) is 2.79. The number of cyclic esters (lactones) is 1. The maximum Gasteiger partial charge on any atom is 0.407 e. The standard InChI is InChI=1S/C14H11ClN2O3S/c15-10-8-3-1-2-4-9(8)21-11(10)12(18)17-5-14(6-17)7-20-13(19)16-14/h1-4H,5-7H2,(H,16,19). The van der Waals surface area contributed by atoms with E-state index in [0.29, 0.717) is 29.6 Å². The molecule has 0 saturated carbocycles. The average molecular weight is 323 g/mol. The molecule has 0 bridgehead atoms. The van der Waals surface area contributed by atoms with Crippen LogP contribution in [0.4, 0.5) is 4.79 Å². The summed E-state index contributed by atoms with van der Waals surface area (Å²) in [5.74, 6) is -0.0898. The molecule has 21 heavy (non-hydrogen) atoms. The Morgan fingerprint density at radius 2 is 2.14 bits per heavy atom. The van der Waals surface area contributed by atoms with Crippen molar-refractivity contribution in [3.8, 4) is 0 Å². The zero-order valence-electron chi connectivity index (χ0n) is 10.9. The number of carbonyl (C=O) groups is 2. The van der Waals surface area contributed by atoms with Gasteiger partial charge in [-0.1, -0.05) is 29.8 Å². The minimum Gasteiger partial charge on any atom is -0.447 e. The molecule has 2 amide bonds. The third-order valence-electron chi connectivity index (χ3n) is 3.85. The lowest BCUT2D eigenvalue weighted by Gasteiger charge is -2.45. The molecule has 7 heteroatoms. The second kappa shape index (κ2) is 4.35. The van der Waals surface area contributed by atoms with Crippen LogP contribution >= 0.6 is 22.9 Å². The highest BCUT2D eigenvalue weighted by Gasteiger charge is 2.51. The molecule has 1 aromatic heterocycles. The van der Waals surface area contributed by atoms with Crippen LogP contribution in [0.1, 0.15) is 9.67 Å². The monoisotopic (exact) mass is 322 g/mol. The number of nitrogens with one attached hydrogen (secondary N) is 1. The van der Waals surface area contributed by atoms with Crippen molar-refractivity contribution in [2.75, 3.05) is 19.7 Å². The number of hydrogen-bond donors (Lipinski definition) is 1. The summed E-state index contributed by atoms with van der Waals surface area (Å²) in [6.45, 7) is 1.24. The SMILES string of the molecule is O=C1NC2(CO1)CN(C(=O)c1sc3ccccc3c1Cl)C2. The topological polar surface area (TPSA) is 58.6 Å². The molecule has 2 aliphatic rings. The van der Waals surface area contributed by atoms with Crippen LogP contribution in [0.5, 0.6) is 0 Å². The summed E-state index contributed by atoms with van der Waals surface area (Å²) in [6.07, 6.45) is -0.415. The van der Waals surface area contributed by atoms with E-state index < -0.39 is 11.6 Å². The van der Waals surface area contributed by atoms with Crippen LogP contribution in [0, 0.1) is 0 Å². The number of halogens is 1. The first-order chi connectivity index (χ1) is 10.1. The van der Waals surface area contributed by atoms with Crippen molar-refractivity contribution in [2.45, 2.75) is 5.54 Å². The van der Waals surface area contributed by atoms with E-state index in [9.17, 15) is 9.59 Å². The van der Waals surface area contributed by atoms with Gasteiger partial charge in [-0.2, -0.15) is 0 Å². The van der Waals surface area contributed by atoms with E-state index in [1.807, 2.05) is 24.3 Å². The van der Waals surface area contributed by atoms with Crippen LogP contribution in [0.15, 0.2) is 24.3 Å². The minimum absolute atomic E-state index is 0.0898. The maximum atomic E-state index is 12.5. The molecule has 1 spiro atoms. The summed E-state index contributed by atoms with van der Waals surface area (Å²) < 4.78 is 5.90. The highest BCUT2D eigenvalue weighted by molar-refractivity contribution is 7.21. The first-order valence-corrected chi connectivity index (χ1v) is 7.69. The zero-order valence-corrected chi connectivity index (χ0v) is 12.5. The molecule has 0 radical (unpaired) electrons. The van der Waals surface area contributed by atoms with Gasteiger partial charge in [0.25, 0.3) is 5.91 Å². The van der Waals surface area contributed by atoms with Gasteiger partial charge in [0.2, 0.25) is 0 Å². The van der Waals surface area contributed by atoms with E-state index in [-0.39, 0.29) is 5.91 Å². The van der Waals surface area contributed by atoms with E-state index in [0.717, 1.165) is 10.1 Å². The van der Waals surface area contributed by atoms with Gasteiger partial charge >= 0.3 is 6.09 Å². The van der Waals surface area contributed by atoms with Gasteiger partial charge in [0.15, 0.2) is 0 Å². The lowest BCUT2D eigenvalue weighted by molar-refractivity contribution is 0.0322. The third kappa shape index (κ3) is 1.90. The van der Waals surface area contributed by atoms with Crippen LogP contribution in [-0.2, 0) is 4.74 Å². The van der Waals surface area contributed by atoms with Crippen molar-refractivity contribution in [2.24, 2.45) is 0 Å². The smallest absolute Gasteiger partial charge is 0.407 e. The molecule has 4 rings (SSSR count). The molecule has 108 valence electrons. The third-order valence-corrected chi connectivity index (χ3v) is 5.51. The predicted molar refractivity (Wildman–Crippen MR) is 80.0 cm³/mol. The number of ether oxygens (including phenoxy) is 1. The zero-order chi connectivity index (χ0) is 14.6. The van der Waals surface area contributed by atoms with Gasteiger partial charge in [-0.25, -0.2) is 4.79 Å². The number of nitrogens with zero attached hydrogens (tertiary/aromatic N) is 1. The molecule has 1 aromatic carbocycles. The van der Waals surface area contributed by atoms with Crippen molar-refractivity contribution in [3.63, 3.8) is 0 Å². The Labute approximate surface area is 129 Å². The van der Waals surface area contributed by atoms with Gasteiger partial charge in [-0.15, -0.1) is 11.3 Å². The molecule has 2 aliphatic heterocycles. The number of amides is 2. The Balaban J connectivity index is 1.58. The van der Waals surface area contributed by atoms with Crippen LogP contribution in [0.2, 0.25) is 5.02 Å². The summed E-state index contributed by atoms with van der Waals surface area (Å²) in [6, 6.07) is 7.69. The first-order valence-electron chi connectivity index (χ1n) is 6.49. The van der Waals surface area contributed by atoms with Gasteiger partial charge in [-0.05, 0) is 6.07 Å². The molecule has 2 aromatic rings. The number of hydrogen-bond acceptors (Lipinski definition) is 4. The summed E-state index contributed by atoms with van der Waals surface area (Å²) in [7, 11) is 0. The molecule has 1 N–H and O–H groups in total. The lowest BCUT2D eigenvalue weighted by Crippen LogP contribution is -2.69. The second-order valence-corrected chi connectivity index (χ2v) is 6.81. The molecule has 0 unspecified atom stereocenters. The Hall–Kier alpha value is -1.79. The number of thiophene rings is 1. The number of benzene rings is 1. The quantitative estimate of drug-likeness (QED) is 0.877. The van der Waals surface area contributed by atoms with E-state index in [1.165, 1.54) is 11.3 Å². The number of carbonyl (C=O) groups excluding carboxylic acids is 2. The predicted octanol–water partition coefficient (Wildman–Crippen LogP) is 2.49. The van der Waals surface area contributed by atoms with E-state index in [1.54, 1.807) is 4.90 Å². The molecular formula is C14H11ClN2O3S. The van der Waals surface area contributed by atoms with Crippen LogP contribution in [0.25, 0.3) is 10.1 Å². The highest BCUT2D eigenvalue weighted by atomic mass is 35.5. The second-order valence-electron chi connectivity index (χ2n) is 5.38. The first kappa shape index (κ1) is 12.9. The molecule has 2 fully saturated rings. The molecular weight excluding hydrogens is 312 g/mol. The molecule has 5 nitrogen and oxygen atoms in total. The number of fused-ring (bicyclic) bond motifs is 1. The average Bonchev–Trinajstić information content (AvgIpc) is 2.99. The highest BCUT2D eigenvalue weighted by Crippen LogP contribution is 2.37. The van der Waals surface area contributed by atoms with E-state index in [4.69, 9.17) is 16.3 Å². The Morgan fingerprint density at radius 3 is 2.81 bits per heavy atom. The largest absolute Gasteiger partial charge is 0.447 e. The fraction of sp³-hybridized carbons (Fsp3) is 0.286.